The monoisotopic (exact) mass is 355 g/mol. The topological polar surface area (TPSA) is 52.7 Å². The zero-order chi connectivity index (χ0) is 17.1. The lowest BCUT2D eigenvalue weighted by Gasteiger charge is -2.19. The van der Waals surface area contributed by atoms with Crippen molar-refractivity contribution in [1.29, 1.82) is 0 Å². The molecule has 0 aromatic heterocycles. The zero-order valence-corrected chi connectivity index (χ0v) is 14.0. The number of carbonyl (C=O) groups excluding carboxylic acids is 2. The predicted molar refractivity (Wildman–Crippen MR) is 88.7 cm³/mol. The van der Waals surface area contributed by atoms with Gasteiger partial charge in [-0.05, 0) is 24.5 Å². The largest absolute Gasteiger partial charge is 0.371 e. The molecule has 2 aliphatic rings. The predicted octanol–water partition coefficient (Wildman–Crippen LogP) is 1.44. The van der Waals surface area contributed by atoms with Crippen molar-refractivity contribution < 1.29 is 18.4 Å². The fourth-order valence-electron chi connectivity index (χ4n) is 2.94. The molecular formula is C16H19F2N3O2S. The summed E-state index contributed by atoms with van der Waals surface area (Å²) in [6.45, 7) is 2.05. The van der Waals surface area contributed by atoms with Gasteiger partial charge in [0.1, 0.15) is 6.54 Å². The number of halogens is 2. The molecule has 0 bridgehead atoms. The Morgan fingerprint density at radius 2 is 2.17 bits per heavy atom. The van der Waals surface area contributed by atoms with Gasteiger partial charge in [0, 0.05) is 31.4 Å². The molecule has 0 unspecified atom stereocenters. The van der Waals surface area contributed by atoms with Gasteiger partial charge >= 0.3 is 0 Å². The Balaban J connectivity index is 1.45. The number of amides is 2. The van der Waals surface area contributed by atoms with Crippen molar-refractivity contribution in [1.82, 2.24) is 10.2 Å². The summed E-state index contributed by atoms with van der Waals surface area (Å²) in [6, 6.07) is 3.90. The van der Waals surface area contributed by atoms with Crippen LogP contribution in [0.2, 0.25) is 0 Å². The maximum atomic E-state index is 13.3. The van der Waals surface area contributed by atoms with Gasteiger partial charge in [-0.15, -0.1) is 11.8 Å². The summed E-state index contributed by atoms with van der Waals surface area (Å²) in [7, 11) is 0. The van der Waals surface area contributed by atoms with Gasteiger partial charge in [0.05, 0.1) is 11.6 Å². The van der Waals surface area contributed by atoms with Crippen LogP contribution in [-0.2, 0) is 9.59 Å². The molecule has 1 N–H and O–H groups in total. The first kappa shape index (κ1) is 17.0. The summed E-state index contributed by atoms with van der Waals surface area (Å²) >= 11 is 1.51. The molecule has 0 spiro atoms. The molecule has 2 aliphatic heterocycles. The molecule has 8 heteroatoms. The van der Waals surface area contributed by atoms with Gasteiger partial charge in [-0.2, -0.15) is 0 Å². The molecule has 130 valence electrons. The lowest BCUT2D eigenvalue weighted by atomic mass is 10.1. The molecule has 2 fully saturated rings. The first-order valence-electron chi connectivity index (χ1n) is 7.85. The highest BCUT2D eigenvalue weighted by molar-refractivity contribution is 8.00. The van der Waals surface area contributed by atoms with E-state index in [0.717, 1.165) is 19.0 Å². The zero-order valence-electron chi connectivity index (χ0n) is 13.1. The lowest BCUT2D eigenvalue weighted by Crippen LogP contribution is -2.40. The van der Waals surface area contributed by atoms with Crippen LogP contribution in [0.15, 0.2) is 18.2 Å². The third-order valence-electron chi connectivity index (χ3n) is 4.30. The molecular weight excluding hydrogens is 336 g/mol. The Hall–Kier alpha value is -1.83. The average molecular weight is 355 g/mol. The van der Waals surface area contributed by atoms with Crippen LogP contribution in [0.25, 0.3) is 0 Å². The summed E-state index contributed by atoms with van der Waals surface area (Å²) in [6.07, 6.45) is 0.873. The number of thioether (sulfide) groups is 1. The SMILES string of the molecule is O=C(CN1CSCC1=O)NC[C@H]1CCN(c2ccc(F)c(F)c2)C1. The number of rotatable bonds is 5. The Bertz CT molecular complexity index is 644. The second-order valence-corrected chi connectivity index (χ2v) is 7.03. The molecule has 3 rings (SSSR count). The minimum atomic E-state index is -0.851. The first-order valence-corrected chi connectivity index (χ1v) is 9.00. The summed E-state index contributed by atoms with van der Waals surface area (Å²) in [4.78, 5) is 26.9. The van der Waals surface area contributed by atoms with Crippen LogP contribution in [0.4, 0.5) is 14.5 Å². The van der Waals surface area contributed by atoms with Crippen LogP contribution in [0.5, 0.6) is 0 Å². The van der Waals surface area contributed by atoms with Crippen molar-refractivity contribution in [3.63, 3.8) is 0 Å². The quantitative estimate of drug-likeness (QED) is 0.869. The van der Waals surface area contributed by atoms with Gasteiger partial charge in [-0.25, -0.2) is 8.78 Å². The average Bonchev–Trinajstić information content (AvgIpc) is 3.18. The van der Waals surface area contributed by atoms with Crippen LogP contribution in [0.3, 0.4) is 0 Å². The highest BCUT2D eigenvalue weighted by Crippen LogP contribution is 2.25. The Morgan fingerprint density at radius 3 is 2.88 bits per heavy atom. The lowest BCUT2D eigenvalue weighted by molar-refractivity contribution is -0.132. The maximum Gasteiger partial charge on any atom is 0.239 e. The van der Waals surface area contributed by atoms with Gasteiger partial charge in [-0.3, -0.25) is 9.59 Å². The third kappa shape index (κ3) is 3.98. The molecule has 5 nitrogen and oxygen atoms in total. The molecule has 24 heavy (non-hydrogen) atoms. The molecule has 2 saturated heterocycles. The molecule has 1 atom stereocenters. The van der Waals surface area contributed by atoms with Gasteiger partial charge in [0.25, 0.3) is 0 Å². The Labute approximate surface area is 143 Å². The molecule has 2 heterocycles. The number of anilines is 1. The Morgan fingerprint density at radius 1 is 1.33 bits per heavy atom. The van der Waals surface area contributed by atoms with Crippen molar-refractivity contribution >= 4 is 29.3 Å². The minimum Gasteiger partial charge on any atom is -0.371 e. The summed E-state index contributed by atoms with van der Waals surface area (Å²) < 4.78 is 26.3. The van der Waals surface area contributed by atoms with E-state index < -0.39 is 11.6 Å². The molecule has 0 radical (unpaired) electrons. The highest BCUT2D eigenvalue weighted by Gasteiger charge is 2.26. The fourth-order valence-corrected chi connectivity index (χ4v) is 3.85. The van der Waals surface area contributed by atoms with E-state index in [1.807, 2.05) is 4.90 Å². The summed E-state index contributed by atoms with van der Waals surface area (Å²) in [5, 5.41) is 2.86. The van der Waals surface area contributed by atoms with Crippen molar-refractivity contribution in [2.45, 2.75) is 6.42 Å². The number of nitrogens with zero attached hydrogens (tertiary/aromatic N) is 2. The van der Waals surface area contributed by atoms with Crippen LogP contribution in [-0.4, -0.2) is 54.5 Å². The van der Waals surface area contributed by atoms with E-state index in [1.54, 1.807) is 11.0 Å². The third-order valence-corrected chi connectivity index (χ3v) is 5.25. The van der Waals surface area contributed by atoms with E-state index in [0.29, 0.717) is 30.4 Å². The van der Waals surface area contributed by atoms with Crippen molar-refractivity contribution in [3.8, 4) is 0 Å². The first-order chi connectivity index (χ1) is 11.5. The number of carbonyl (C=O) groups is 2. The Kier molecular flexibility index (Phi) is 5.23. The van der Waals surface area contributed by atoms with Gasteiger partial charge in [0.15, 0.2) is 11.6 Å². The van der Waals surface area contributed by atoms with E-state index in [-0.39, 0.29) is 24.3 Å². The number of hydrogen-bond acceptors (Lipinski definition) is 4. The highest BCUT2D eigenvalue weighted by atomic mass is 32.2. The molecule has 1 aromatic rings. The second kappa shape index (κ2) is 7.38. The van der Waals surface area contributed by atoms with Crippen LogP contribution >= 0.6 is 11.8 Å². The molecule has 0 aliphatic carbocycles. The smallest absolute Gasteiger partial charge is 0.239 e. The van der Waals surface area contributed by atoms with Gasteiger partial charge in [0.2, 0.25) is 11.8 Å². The minimum absolute atomic E-state index is 0.000489. The van der Waals surface area contributed by atoms with E-state index in [4.69, 9.17) is 0 Å². The normalized spacial score (nSPS) is 20.8. The molecule has 2 amide bonds. The van der Waals surface area contributed by atoms with Crippen LogP contribution < -0.4 is 10.2 Å². The van der Waals surface area contributed by atoms with E-state index in [1.165, 1.54) is 17.8 Å². The van der Waals surface area contributed by atoms with Crippen LogP contribution in [0.1, 0.15) is 6.42 Å². The van der Waals surface area contributed by atoms with Gasteiger partial charge < -0.3 is 15.1 Å². The van der Waals surface area contributed by atoms with Crippen molar-refractivity contribution in [3.05, 3.63) is 29.8 Å². The van der Waals surface area contributed by atoms with E-state index in [9.17, 15) is 18.4 Å². The summed E-state index contributed by atoms with van der Waals surface area (Å²) in [5.41, 5.74) is 0.655. The maximum absolute atomic E-state index is 13.3. The second-order valence-electron chi connectivity index (χ2n) is 6.07. The molecule has 1 aromatic carbocycles. The van der Waals surface area contributed by atoms with Crippen molar-refractivity contribution in [2.24, 2.45) is 5.92 Å². The van der Waals surface area contributed by atoms with E-state index in [2.05, 4.69) is 5.32 Å². The number of hydrogen-bond donors (Lipinski definition) is 1. The van der Waals surface area contributed by atoms with E-state index >= 15 is 0 Å². The van der Waals surface area contributed by atoms with Crippen molar-refractivity contribution in [2.75, 3.05) is 42.7 Å². The van der Waals surface area contributed by atoms with Crippen LogP contribution in [0, 0.1) is 17.6 Å². The number of benzene rings is 1. The van der Waals surface area contributed by atoms with Gasteiger partial charge in [-0.1, -0.05) is 0 Å². The number of nitrogens with one attached hydrogen (secondary N) is 1. The summed E-state index contributed by atoms with van der Waals surface area (Å²) in [5.74, 6) is -0.587. The standard InChI is InChI=1S/C16H19F2N3O2S/c17-13-2-1-12(5-14(13)18)20-4-3-11(7-20)6-19-15(22)8-21-10-24-9-16(21)23/h1-2,5,11H,3-4,6-10H2,(H,19,22)/t11-/m1/s1. The molecule has 0 saturated carbocycles. The fraction of sp³-hybridized carbons (Fsp3) is 0.500.